The topological polar surface area (TPSA) is 70.9 Å². The fraction of sp³-hybridized carbons (Fsp3) is 0.250. The van der Waals surface area contributed by atoms with Crippen LogP contribution in [0, 0.1) is 0 Å². The summed E-state index contributed by atoms with van der Waals surface area (Å²) in [6.07, 6.45) is 6.49. The Labute approximate surface area is 224 Å². The quantitative estimate of drug-likeness (QED) is 0.212. The normalized spacial score (nSPS) is 20.0. The van der Waals surface area contributed by atoms with Gasteiger partial charge in [-0.2, -0.15) is 4.99 Å². The lowest BCUT2D eigenvalue weighted by Gasteiger charge is -2.24. The third-order valence-corrected chi connectivity index (χ3v) is 7.15. The number of amidine groups is 2. The van der Waals surface area contributed by atoms with Gasteiger partial charge in [-0.05, 0) is 53.3 Å². The van der Waals surface area contributed by atoms with Crippen LogP contribution in [0.3, 0.4) is 0 Å². The number of unbranched alkanes of at least 4 members (excludes halogenated alkanes) is 1. The average Bonchev–Trinajstić information content (AvgIpc) is 3.44. The third-order valence-electron chi connectivity index (χ3n) is 7.15. The highest BCUT2D eigenvalue weighted by molar-refractivity contribution is 6.17. The van der Waals surface area contributed by atoms with Crippen molar-refractivity contribution in [2.45, 2.75) is 45.4 Å². The first-order chi connectivity index (χ1) is 18.5. The van der Waals surface area contributed by atoms with Gasteiger partial charge in [0.15, 0.2) is 17.3 Å². The number of ketones is 1. The summed E-state index contributed by atoms with van der Waals surface area (Å²) in [5.41, 5.74) is 5.62. The number of carbonyl (C=O) groups excluding carboxylic acids is 2. The fourth-order valence-corrected chi connectivity index (χ4v) is 4.97. The molecule has 5 rings (SSSR count). The highest BCUT2D eigenvalue weighted by Gasteiger charge is 2.38. The molecule has 1 fully saturated rings. The molecule has 1 saturated heterocycles. The lowest BCUT2D eigenvalue weighted by atomic mass is 9.98. The molecule has 0 spiro atoms. The summed E-state index contributed by atoms with van der Waals surface area (Å²) in [5, 5.41) is 7.78. The van der Waals surface area contributed by atoms with Gasteiger partial charge in [0.05, 0.1) is 12.1 Å². The first-order valence-electron chi connectivity index (χ1n) is 13.3. The van der Waals surface area contributed by atoms with Crippen molar-refractivity contribution < 1.29 is 9.59 Å². The molecule has 3 aromatic carbocycles. The van der Waals surface area contributed by atoms with Gasteiger partial charge in [-0.25, -0.2) is 0 Å². The minimum atomic E-state index is -0.255. The summed E-state index contributed by atoms with van der Waals surface area (Å²) in [6, 6.07) is 26.8. The molecule has 0 saturated carbocycles. The molecule has 192 valence electrons. The van der Waals surface area contributed by atoms with E-state index < -0.39 is 0 Å². The van der Waals surface area contributed by atoms with E-state index in [1.54, 1.807) is 6.08 Å². The summed E-state index contributed by atoms with van der Waals surface area (Å²) in [4.78, 5) is 28.8. The van der Waals surface area contributed by atoms with Crippen LogP contribution >= 0.6 is 0 Å². The zero-order valence-corrected chi connectivity index (χ0v) is 22.0. The molecule has 0 aromatic heterocycles. The smallest absolute Gasteiger partial charge is 0.236 e. The van der Waals surface area contributed by atoms with Crippen molar-refractivity contribution in [1.29, 1.82) is 0 Å². The summed E-state index contributed by atoms with van der Waals surface area (Å²) >= 11 is 0. The van der Waals surface area contributed by atoms with Crippen molar-refractivity contribution in [2.24, 2.45) is 10.1 Å². The Morgan fingerprint density at radius 3 is 2.34 bits per heavy atom. The number of amides is 1. The Bertz CT molecular complexity index is 1440. The Balaban J connectivity index is 1.41. The Morgan fingerprint density at radius 2 is 1.63 bits per heavy atom. The maximum Gasteiger partial charge on any atom is 0.236 e. The highest BCUT2D eigenvalue weighted by Crippen LogP contribution is 2.33. The minimum absolute atomic E-state index is 0.0883. The highest BCUT2D eigenvalue weighted by atomic mass is 16.2. The van der Waals surface area contributed by atoms with Crippen molar-refractivity contribution in [3.8, 4) is 11.1 Å². The van der Waals surface area contributed by atoms with Crippen molar-refractivity contribution in [3.05, 3.63) is 95.7 Å². The number of nitrogens with one attached hydrogen (secondary N) is 1. The lowest BCUT2D eigenvalue weighted by Crippen LogP contribution is -2.43. The maximum atomic E-state index is 12.1. The van der Waals surface area contributed by atoms with Gasteiger partial charge in [0.25, 0.3) is 0 Å². The van der Waals surface area contributed by atoms with Gasteiger partial charge in [0.2, 0.25) is 11.7 Å². The molecule has 6 nitrogen and oxygen atoms in total. The van der Waals surface area contributed by atoms with E-state index in [1.807, 2.05) is 30.3 Å². The number of nitrogens with zero attached hydrogens (tertiary/aromatic N) is 3. The molecular formula is C32H33N4O2+. The van der Waals surface area contributed by atoms with Crippen molar-refractivity contribution in [1.82, 2.24) is 9.91 Å². The van der Waals surface area contributed by atoms with E-state index in [1.165, 1.54) is 5.56 Å². The van der Waals surface area contributed by atoms with E-state index in [2.05, 4.69) is 67.8 Å². The largest absolute Gasteiger partial charge is 0.323 e. The zero-order chi connectivity index (χ0) is 26.5. The van der Waals surface area contributed by atoms with Gasteiger partial charge in [-0.3, -0.25) is 9.59 Å². The minimum Gasteiger partial charge on any atom is -0.323 e. The van der Waals surface area contributed by atoms with Gasteiger partial charge in [0.1, 0.15) is 7.05 Å². The van der Waals surface area contributed by atoms with Crippen LogP contribution in [0.15, 0.2) is 94.7 Å². The molecule has 38 heavy (non-hydrogen) atoms. The van der Waals surface area contributed by atoms with Crippen LogP contribution in [0.1, 0.15) is 50.2 Å². The predicted molar refractivity (Wildman–Crippen MR) is 154 cm³/mol. The number of allylic oxidation sites excluding steroid dienone is 1. The number of benzene rings is 3. The molecule has 2 aliphatic heterocycles. The number of aliphatic imine (C=N–C) groups is 1. The molecule has 1 atom stereocenters. The van der Waals surface area contributed by atoms with Crippen LogP contribution in [0.2, 0.25) is 0 Å². The number of hydrogen-bond donors (Lipinski definition) is 1. The van der Waals surface area contributed by atoms with E-state index >= 15 is 0 Å². The summed E-state index contributed by atoms with van der Waals surface area (Å²) < 4.78 is 0.344. The molecule has 1 N–H and O–H groups in total. The number of carbonyl (C=O) groups is 2. The number of aryl methyl sites for hydroxylation is 1. The summed E-state index contributed by atoms with van der Waals surface area (Å²) in [5.74, 6) is 1.54. The standard InChI is InChI=1S/C32H32N4O2/c1-3-4-14-31-34-30(20-15-23-10-6-5-7-11-23)35-36(31,2)26-18-16-24(17-19-26)27-13-9-8-12-25(27)21-28-29(37)22-32(38)33-28/h5-13,16-19,21H,3-4,14-15,20,22H2,1-2H3/p+1/b28-21-. The molecule has 1 unspecified atom stereocenters. The molecular weight excluding hydrogens is 472 g/mol. The number of rotatable bonds is 9. The van der Waals surface area contributed by atoms with E-state index in [4.69, 9.17) is 10.1 Å². The Morgan fingerprint density at radius 1 is 0.895 bits per heavy atom. The molecule has 0 radical (unpaired) electrons. The molecule has 3 aromatic rings. The first-order valence-corrected chi connectivity index (χ1v) is 13.3. The van der Waals surface area contributed by atoms with Gasteiger partial charge in [0, 0.05) is 25.0 Å². The second-order valence-corrected chi connectivity index (χ2v) is 9.93. The Hall–Kier alpha value is -4.16. The molecule has 0 bridgehead atoms. The predicted octanol–water partition coefficient (Wildman–Crippen LogP) is 6.27. The number of Topliss-reactive ketones (excluding diaryl/α,β-unsaturated/α-hetero) is 1. The number of hydrogen-bond acceptors (Lipinski definition) is 4. The monoisotopic (exact) mass is 505 g/mol. The van der Waals surface area contributed by atoms with Crippen LogP contribution in [0.5, 0.6) is 0 Å². The van der Waals surface area contributed by atoms with Gasteiger partial charge in [-0.1, -0.05) is 73.0 Å². The van der Waals surface area contributed by atoms with E-state index in [0.29, 0.717) is 10.3 Å². The van der Waals surface area contributed by atoms with Gasteiger partial charge < -0.3 is 5.32 Å². The van der Waals surface area contributed by atoms with Crippen molar-refractivity contribution in [3.63, 3.8) is 0 Å². The Kier molecular flexibility index (Phi) is 7.43. The molecule has 0 aliphatic carbocycles. The van der Waals surface area contributed by atoms with Gasteiger partial charge >= 0.3 is 0 Å². The second-order valence-electron chi connectivity index (χ2n) is 9.93. The van der Waals surface area contributed by atoms with E-state index in [-0.39, 0.29) is 18.1 Å². The van der Waals surface area contributed by atoms with Crippen LogP contribution in [-0.4, -0.2) is 30.4 Å². The first kappa shape index (κ1) is 25.5. The van der Waals surface area contributed by atoms with Gasteiger partial charge in [-0.15, -0.1) is 4.59 Å². The second kappa shape index (κ2) is 11.1. The van der Waals surface area contributed by atoms with E-state index in [0.717, 1.165) is 66.2 Å². The van der Waals surface area contributed by atoms with Crippen LogP contribution in [0.4, 0.5) is 5.69 Å². The molecule has 6 heteroatoms. The fourth-order valence-electron chi connectivity index (χ4n) is 4.97. The molecule has 1 amide bonds. The third kappa shape index (κ3) is 5.41. The molecule has 2 heterocycles. The molecule has 2 aliphatic rings. The van der Waals surface area contributed by atoms with Crippen LogP contribution in [-0.2, 0) is 16.0 Å². The summed E-state index contributed by atoms with van der Waals surface area (Å²) in [7, 11) is 2.12. The number of quaternary nitrogens is 1. The average molecular weight is 506 g/mol. The van der Waals surface area contributed by atoms with Crippen LogP contribution < -0.4 is 9.91 Å². The van der Waals surface area contributed by atoms with Crippen molar-refractivity contribution >= 4 is 35.1 Å². The van der Waals surface area contributed by atoms with Crippen molar-refractivity contribution in [2.75, 3.05) is 7.05 Å². The lowest BCUT2D eigenvalue weighted by molar-refractivity contribution is -0.121. The zero-order valence-electron chi connectivity index (χ0n) is 22.0. The maximum absolute atomic E-state index is 12.1. The SMILES string of the molecule is CCCCC1=NC(CCc2ccccc2)=N[N+]1(C)c1ccc(-c2ccccc2/C=C2\NC(=O)CC2=O)cc1. The van der Waals surface area contributed by atoms with E-state index in [9.17, 15) is 9.59 Å². The summed E-state index contributed by atoms with van der Waals surface area (Å²) in [6.45, 7) is 2.20. The van der Waals surface area contributed by atoms with Crippen LogP contribution in [0.25, 0.3) is 17.2 Å².